The van der Waals surface area contributed by atoms with Crippen molar-refractivity contribution >= 4 is 29.4 Å². The molecule has 12 heteroatoms. The number of carboxylic acids is 2. The lowest BCUT2D eigenvalue weighted by atomic mass is 9.94. The SMILES string of the molecule is CC(=O)CCOCCOCCOCCOCCNC(=O)CCC(CC(=O)CCCCCCCCCCCCCCCCC(=O)O)C(=O)O. The molecule has 0 bridgehead atoms. The van der Waals surface area contributed by atoms with Gasteiger partial charge in [-0.1, -0.05) is 77.0 Å². The number of ketones is 2. The molecule has 0 saturated heterocycles. The van der Waals surface area contributed by atoms with E-state index in [9.17, 15) is 29.1 Å². The number of carbonyl (C=O) groups excluding carboxylic acids is 3. The van der Waals surface area contributed by atoms with E-state index < -0.39 is 17.9 Å². The second-order valence-corrected chi connectivity index (χ2v) is 12.4. The van der Waals surface area contributed by atoms with Crippen LogP contribution in [0.2, 0.25) is 0 Å². The van der Waals surface area contributed by atoms with Crippen molar-refractivity contribution in [3.63, 3.8) is 0 Å². The van der Waals surface area contributed by atoms with Crippen LogP contribution in [0.15, 0.2) is 0 Å². The van der Waals surface area contributed by atoms with Gasteiger partial charge in [0.2, 0.25) is 5.91 Å². The van der Waals surface area contributed by atoms with E-state index in [-0.39, 0.29) is 43.2 Å². The van der Waals surface area contributed by atoms with Crippen LogP contribution in [0.4, 0.5) is 0 Å². The van der Waals surface area contributed by atoms with Crippen LogP contribution >= 0.6 is 0 Å². The fraction of sp³-hybridized carbons (Fsp3) is 0.861. The first-order valence-corrected chi connectivity index (χ1v) is 18.3. The Morgan fingerprint density at radius 1 is 0.521 bits per heavy atom. The molecule has 0 aliphatic rings. The lowest BCUT2D eigenvalue weighted by molar-refractivity contribution is -0.144. The zero-order valence-electron chi connectivity index (χ0n) is 29.7. The molecular weight excluding hydrogens is 622 g/mol. The van der Waals surface area contributed by atoms with Crippen molar-refractivity contribution in [2.75, 3.05) is 59.4 Å². The average molecular weight is 688 g/mol. The number of aliphatic carboxylic acids is 2. The van der Waals surface area contributed by atoms with Crippen LogP contribution in [0.5, 0.6) is 0 Å². The predicted octanol–water partition coefficient (Wildman–Crippen LogP) is 5.91. The van der Waals surface area contributed by atoms with Crippen LogP contribution in [0.25, 0.3) is 0 Å². The summed E-state index contributed by atoms with van der Waals surface area (Å²) >= 11 is 0. The van der Waals surface area contributed by atoms with Gasteiger partial charge in [-0.2, -0.15) is 0 Å². The van der Waals surface area contributed by atoms with E-state index in [0.717, 1.165) is 44.9 Å². The molecule has 1 unspecified atom stereocenters. The fourth-order valence-corrected chi connectivity index (χ4v) is 5.04. The van der Waals surface area contributed by atoms with Crippen molar-refractivity contribution < 1.29 is 53.1 Å². The van der Waals surface area contributed by atoms with Gasteiger partial charge in [0, 0.05) is 38.6 Å². The smallest absolute Gasteiger partial charge is 0.306 e. The van der Waals surface area contributed by atoms with E-state index >= 15 is 0 Å². The Bertz CT molecular complexity index is 837. The van der Waals surface area contributed by atoms with Gasteiger partial charge in [0.1, 0.15) is 11.6 Å². The minimum atomic E-state index is -1.04. The van der Waals surface area contributed by atoms with E-state index in [4.69, 9.17) is 24.1 Å². The molecule has 48 heavy (non-hydrogen) atoms. The number of carboxylic acid groups (broad SMARTS) is 2. The zero-order valence-corrected chi connectivity index (χ0v) is 29.7. The fourth-order valence-electron chi connectivity index (χ4n) is 5.04. The Balaban J connectivity index is 3.61. The number of nitrogens with one attached hydrogen (secondary N) is 1. The van der Waals surface area contributed by atoms with Crippen LogP contribution in [0, 0.1) is 5.92 Å². The molecule has 0 aliphatic heterocycles. The number of carbonyl (C=O) groups is 5. The molecule has 0 spiro atoms. The first-order chi connectivity index (χ1) is 23.2. The maximum Gasteiger partial charge on any atom is 0.306 e. The lowest BCUT2D eigenvalue weighted by Crippen LogP contribution is -2.29. The van der Waals surface area contributed by atoms with Crippen molar-refractivity contribution in [2.24, 2.45) is 5.92 Å². The molecule has 1 atom stereocenters. The molecule has 0 rings (SSSR count). The Hall–Kier alpha value is -2.41. The largest absolute Gasteiger partial charge is 0.481 e. The molecule has 0 aromatic carbocycles. The highest BCUT2D eigenvalue weighted by Gasteiger charge is 2.22. The molecule has 0 heterocycles. The molecule has 3 N–H and O–H groups in total. The molecule has 12 nitrogen and oxygen atoms in total. The van der Waals surface area contributed by atoms with Crippen LogP contribution in [-0.2, 0) is 42.9 Å². The van der Waals surface area contributed by atoms with Gasteiger partial charge in [-0.05, 0) is 26.2 Å². The highest BCUT2D eigenvalue weighted by atomic mass is 16.6. The van der Waals surface area contributed by atoms with Gasteiger partial charge in [0.15, 0.2) is 0 Å². The summed E-state index contributed by atoms with van der Waals surface area (Å²) in [6.07, 6.45) is 16.7. The van der Waals surface area contributed by atoms with Gasteiger partial charge >= 0.3 is 11.9 Å². The minimum absolute atomic E-state index is 0.0337. The first kappa shape index (κ1) is 45.6. The van der Waals surface area contributed by atoms with Crippen molar-refractivity contribution in [3.8, 4) is 0 Å². The third-order valence-corrected chi connectivity index (χ3v) is 7.92. The Morgan fingerprint density at radius 3 is 1.38 bits per heavy atom. The third kappa shape index (κ3) is 34.9. The second-order valence-electron chi connectivity index (χ2n) is 12.4. The first-order valence-electron chi connectivity index (χ1n) is 18.3. The summed E-state index contributed by atoms with van der Waals surface area (Å²) in [4.78, 5) is 57.4. The molecule has 0 aliphatic carbocycles. The van der Waals surface area contributed by atoms with E-state index in [1.54, 1.807) is 0 Å². The van der Waals surface area contributed by atoms with Crippen molar-refractivity contribution in [1.82, 2.24) is 5.32 Å². The zero-order chi connectivity index (χ0) is 35.5. The highest BCUT2D eigenvalue weighted by molar-refractivity contribution is 5.84. The highest BCUT2D eigenvalue weighted by Crippen LogP contribution is 2.17. The maximum absolute atomic E-state index is 12.4. The van der Waals surface area contributed by atoms with Crippen LogP contribution in [-0.4, -0.2) is 99.0 Å². The van der Waals surface area contributed by atoms with Gasteiger partial charge in [-0.3, -0.25) is 24.0 Å². The van der Waals surface area contributed by atoms with Gasteiger partial charge in [-0.25, -0.2) is 0 Å². The number of rotatable bonds is 38. The van der Waals surface area contributed by atoms with Crippen LogP contribution < -0.4 is 5.32 Å². The number of ether oxygens (including phenoxy) is 4. The molecule has 280 valence electrons. The van der Waals surface area contributed by atoms with E-state index in [2.05, 4.69) is 5.32 Å². The molecule has 0 aromatic rings. The van der Waals surface area contributed by atoms with Gasteiger partial charge < -0.3 is 34.5 Å². The molecule has 0 radical (unpaired) electrons. The van der Waals surface area contributed by atoms with E-state index in [1.807, 2.05) is 0 Å². The van der Waals surface area contributed by atoms with Crippen LogP contribution in [0.1, 0.15) is 135 Å². The quantitative estimate of drug-likeness (QED) is 0.0658. The summed E-state index contributed by atoms with van der Waals surface area (Å²) in [6, 6.07) is 0. The summed E-state index contributed by atoms with van der Waals surface area (Å²) in [5.41, 5.74) is 0. The molecule has 1 amide bonds. The van der Waals surface area contributed by atoms with Gasteiger partial charge in [0.25, 0.3) is 0 Å². The van der Waals surface area contributed by atoms with E-state index in [0.29, 0.717) is 72.2 Å². The molecule has 0 saturated carbocycles. The summed E-state index contributed by atoms with van der Waals surface area (Å²) in [5, 5.41) is 20.9. The number of hydrogen-bond donors (Lipinski definition) is 3. The molecule has 0 aromatic heterocycles. The van der Waals surface area contributed by atoms with Crippen molar-refractivity contribution in [2.45, 2.75) is 135 Å². The maximum atomic E-state index is 12.4. The van der Waals surface area contributed by atoms with Gasteiger partial charge in [0.05, 0.1) is 58.8 Å². The Morgan fingerprint density at radius 2 is 0.938 bits per heavy atom. The molecule has 0 fully saturated rings. The summed E-state index contributed by atoms with van der Waals surface area (Å²) < 4.78 is 21.4. The average Bonchev–Trinajstić information content (AvgIpc) is 3.04. The second kappa shape index (κ2) is 34.5. The summed E-state index contributed by atoms with van der Waals surface area (Å²) in [5.74, 6) is -2.82. The topological polar surface area (TPSA) is 175 Å². The van der Waals surface area contributed by atoms with Crippen molar-refractivity contribution in [3.05, 3.63) is 0 Å². The van der Waals surface area contributed by atoms with E-state index in [1.165, 1.54) is 51.9 Å². The number of unbranched alkanes of at least 4 members (excludes halogenated alkanes) is 13. The van der Waals surface area contributed by atoms with Gasteiger partial charge in [-0.15, -0.1) is 0 Å². The number of hydrogen-bond acceptors (Lipinski definition) is 9. The lowest BCUT2D eigenvalue weighted by Gasteiger charge is -2.12. The van der Waals surface area contributed by atoms with Crippen molar-refractivity contribution in [1.29, 1.82) is 0 Å². The summed E-state index contributed by atoms with van der Waals surface area (Å²) in [7, 11) is 0. The minimum Gasteiger partial charge on any atom is -0.481 e. The normalized spacial score (nSPS) is 11.8. The Labute approximate surface area is 288 Å². The molecular formula is C36H65NO11. The monoisotopic (exact) mass is 687 g/mol. The standard InChI is InChI=1S/C36H65NO11/c1-31(38)20-22-45-24-26-47-28-29-48-27-25-46-23-21-37-34(40)19-18-32(36(43)44)30-33(39)16-14-12-10-8-6-4-2-3-5-7-9-11-13-15-17-35(41)42/h32H,2-30H2,1H3,(H,37,40)(H,41,42)(H,43,44). The van der Waals surface area contributed by atoms with Crippen LogP contribution in [0.3, 0.4) is 0 Å². The Kier molecular flexibility index (Phi) is 32.7. The number of Topliss-reactive ketones (excluding diaryl/α,β-unsaturated/α-hetero) is 2. The number of amides is 1. The third-order valence-electron chi connectivity index (χ3n) is 7.92. The predicted molar refractivity (Wildman–Crippen MR) is 183 cm³/mol. The summed E-state index contributed by atoms with van der Waals surface area (Å²) in [6.45, 7) is 5.03.